The minimum atomic E-state index is -0.729. The summed E-state index contributed by atoms with van der Waals surface area (Å²) in [6, 6.07) is 18.9. The average Bonchev–Trinajstić information content (AvgIpc) is 2.49. The summed E-state index contributed by atoms with van der Waals surface area (Å²) in [6.07, 6.45) is -0.729. The summed E-state index contributed by atoms with van der Waals surface area (Å²) < 4.78 is 5.29. The molecule has 0 radical (unpaired) electrons. The topological polar surface area (TPSA) is 43.4 Å². The summed E-state index contributed by atoms with van der Waals surface area (Å²) in [7, 11) is 0. The summed E-state index contributed by atoms with van der Waals surface area (Å²) in [4.78, 5) is 23.8. The Hall–Kier alpha value is -2.42. The highest BCUT2D eigenvalue weighted by atomic mass is 16.5. The number of Topliss-reactive ketones (excluding diaryl/α,β-unsaturated/α-hetero) is 1. The molecule has 0 fully saturated rings. The number of benzene rings is 2. The number of hydrogen-bond donors (Lipinski definition) is 0. The zero-order valence-electron chi connectivity index (χ0n) is 12.2. The van der Waals surface area contributed by atoms with Crippen LogP contribution in [0, 0.1) is 0 Å². The van der Waals surface area contributed by atoms with Crippen molar-refractivity contribution < 1.29 is 14.3 Å². The van der Waals surface area contributed by atoms with Crippen LogP contribution in [0.25, 0.3) is 0 Å². The molecule has 0 aliphatic heterocycles. The van der Waals surface area contributed by atoms with Crippen LogP contribution in [0.1, 0.15) is 30.9 Å². The number of ether oxygens (including phenoxy) is 1. The molecule has 2 aromatic carbocycles. The molecule has 0 unspecified atom stereocenters. The van der Waals surface area contributed by atoms with Crippen molar-refractivity contribution in [3.63, 3.8) is 0 Å². The lowest BCUT2D eigenvalue weighted by molar-refractivity contribution is -0.154. The first kappa shape index (κ1) is 15.0. The van der Waals surface area contributed by atoms with Gasteiger partial charge in [0.05, 0.1) is 0 Å². The second kappa shape index (κ2) is 6.84. The lowest BCUT2D eigenvalue weighted by Gasteiger charge is -2.19. The quantitative estimate of drug-likeness (QED) is 0.790. The van der Waals surface area contributed by atoms with E-state index in [2.05, 4.69) is 0 Å². The molecule has 0 saturated heterocycles. The Labute approximate surface area is 124 Å². The van der Waals surface area contributed by atoms with Gasteiger partial charge in [-0.3, -0.25) is 9.59 Å². The van der Waals surface area contributed by atoms with Crippen LogP contribution in [-0.4, -0.2) is 17.9 Å². The molecule has 0 spiro atoms. The average molecular weight is 282 g/mol. The highest BCUT2D eigenvalue weighted by Crippen LogP contribution is 2.26. The monoisotopic (exact) mass is 282 g/mol. The standard InChI is InChI=1S/C18H18O3/c1-13(19)14(2)21-18(20)17(15-9-5-3-6-10-15)16-11-7-4-8-12-16/h3-12,14,17H,1-2H3/t14-/m1/s1. The van der Waals surface area contributed by atoms with Gasteiger partial charge in [0.1, 0.15) is 5.92 Å². The molecule has 3 heteroatoms. The minimum absolute atomic E-state index is 0.164. The molecular formula is C18H18O3. The Balaban J connectivity index is 2.33. The van der Waals surface area contributed by atoms with Gasteiger partial charge in [0.2, 0.25) is 0 Å². The molecule has 1 atom stereocenters. The molecule has 0 aliphatic rings. The van der Waals surface area contributed by atoms with E-state index in [9.17, 15) is 9.59 Å². The molecule has 0 bridgehead atoms. The normalized spacial score (nSPS) is 12.0. The molecule has 2 aromatic rings. The fourth-order valence-corrected chi connectivity index (χ4v) is 2.08. The predicted octanol–water partition coefficient (Wildman–Crippen LogP) is 3.34. The van der Waals surface area contributed by atoms with E-state index in [-0.39, 0.29) is 5.78 Å². The Morgan fingerprint density at radius 3 is 1.67 bits per heavy atom. The van der Waals surface area contributed by atoms with E-state index in [4.69, 9.17) is 4.74 Å². The van der Waals surface area contributed by atoms with Crippen molar-refractivity contribution in [1.29, 1.82) is 0 Å². The summed E-state index contributed by atoms with van der Waals surface area (Å²) in [5.41, 5.74) is 1.70. The van der Waals surface area contributed by atoms with E-state index in [0.29, 0.717) is 0 Å². The molecular weight excluding hydrogens is 264 g/mol. The zero-order valence-corrected chi connectivity index (χ0v) is 12.2. The largest absolute Gasteiger partial charge is 0.454 e. The van der Waals surface area contributed by atoms with Crippen LogP contribution in [0.4, 0.5) is 0 Å². The number of carbonyl (C=O) groups is 2. The lowest BCUT2D eigenvalue weighted by atomic mass is 9.91. The Morgan fingerprint density at radius 1 is 0.857 bits per heavy atom. The maximum Gasteiger partial charge on any atom is 0.318 e. The lowest BCUT2D eigenvalue weighted by Crippen LogP contribution is -2.26. The minimum Gasteiger partial charge on any atom is -0.454 e. The molecule has 0 amide bonds. The van der Waals surface area contributed by atoms with Crippen molar-refractivity contribution in [3.05, 3.63) is 71.8 Å². The number of esters is 1. The molecule has 0 aliphatic carbocycles. The number of hydrogen-bond acceptors (Lipinski definition) is 3. The third-order valence-electron chi connectivity index (χ3n) is 3.37. The van der Waals surface area contributed by atoms with E-state index >= 15 is 0 Å². The molecule has 21 heavy (non-hydrogen) atoms. The fourth-order valence-electron chi connectivity index (χ4n) is 2.08. The van der Waals surface area contributed by atoms with Gasteiger partial charge in [-0.2, -0.15) is 0 Å². The maximum absolute atomic E-state index is 12.5. The van der Waals surface area contributed by atoms with E-state index in [1.807, 2.05) is 60.7 Å². The number of ketones is 1. The zero-order chi connectivity index (χ0) is 15.2. The van der Waals surface area contributed by atoms with E-state index in [1.165, 1.54) is 6.92 Å². The molecule has 3 nitrogen and oxygen atoms in total. The summed E-state index contributed by atoms with van der Waals surface area (Å²) in [6.45, 7) is 3.01. The van der Waals surface area contributed by atoms with Gasteiger partial charge in [0, 0.05) is 0 Å². The van der Waals surface area contributed by atoms with Crippen LogP contribution in [-0.2, 0) is 14.3 Å². The summed E-state index contributed by atoms with van der Waals surface area (Å²) >= 11 is 0. The fraction of sp³-hybridized carbons (Fsp3) is 0.222. The Morgan fingerprint density at radius 2 is 1.29 bits per heavy atom. The van der Waals surface area contributed by atoms with Crippen molar-refractivity contribution in [2.45, 2.75) is 25.9 Å². The summed E-state index contributed by atoms with van der Waals surface area (Å²) in [5.74, 6) is -1.09. The van der Waals surface area contributed by atoms with E-state index < -0.39 is 18.0 Å². The van der Waals surface area contributed by atoms with Crippen LogP contribution in [0.3, 0.4) is 0 Å². The Bertz CT molecular complexity index is 565. The van der Waals surface area contributed by atoms with Crippen LogP contribution < -0.4 is 0 Å². The number of carbonyl (C=O) groups excluding carboxylic acids is 2. The second-order valence-corrected chi connectivity index (χ2v) is 4.94. The summed E-state index contributed by atoms with van der Waals surface area (Å²) in [5, 5.41) is 0. The van der Waals surface area contributed by atoms with E-state index in [0.717, 1.165) is 11.1 Å². The smallest absolute Gasteiger partial charge is 0.318 e. The third kappa shape index (κ3) is 3.78. The van der Waals surface area contributed by atoms with Gasteiger partial charge in [-0.1, -0.05) is 60.7 Å². The van der Waals surface area contributed by atoms with Gasteiger partial charge in [-0.05, 0) is 25.0 Å². The molecule has 2 rings (SSSR count). The van der Waals surface area contributed by atoms with Crippen molar-refractivity contribution >= 4 is 11.8 Å². The first-order chi connectivity index (χ1) is 10.1. The first-order valence-electron chi connectivity index (χ1n) is 6.90. The molecule has 108 valence electrons. The third-order valence-corrected chi connectivity index (χ3v) is 3.37. The SMILES string of the molecule is CC(=O)[C@@H](C)OC(=O)C(c1ccccc1)c1ccccc1. The van der Waals surface area contributed by atoms with Crippen LogP contribution in [0.2, 0.25) is 0 Å². The van der Waals surface area contributed by atoms with Crippen molar-refractivity contribution in [2.75, 3.05) is 0 Å². The van der Waals surface area contributed by atoms with Gasteiger partial charge in [0.25, 0.3) is 0 Å². The predicted molar refractivity (Wildman–Crippen MR) is 81.0 cm³/mol. The van der Waals surface area contributed by atoms with Gasteiger partial charge in [0.15, 0.2) is 11.9 Å². The Kier molecular flexibility index (Phi) is 4.88. The molecule has 0 heterocycles. The van der Waals surface area contributed by atoms with E-state index in [1.54, 1.807) is 6.92 Å². The molecule has 0 N–H and O–H groups in total. The molecule has 0 saturated carbocycles. The van der Waals surface area contributed by atoms with Gasteiger partial charge < -0.3 is 4.74 Å². The highest BCUT2D eigenvalue weighted by Gasteiger charge is 2.26. The van der Waals surface area contributed by atoms with Gasteiger partial charge in [-0.25, -0.2) is 0 Å². The van der Waals surface area contributed by atoms with Gasteiger partial charge >= 0.3 is 5.97 Å². The van der Waals surface area contributed by atoms with Crippen LogP contribution in [0.15, 0.2) is 60.7 Å². The van der Waals surface area contributed by atoms with Crippen molar-refractivity contribution in [1.82, 2.24) is 0 Å². The second-order valence-electron chi connectivity index (χ2n) is 4.94. The van der Waals surface area contributed by atoms with Crippen LogP contribution in [0.5, 0.6) is 0 Å². The van der Waals surface area contributed by atoms with Crippen LogP contribution >= 0.6 is 0 Å². The maximum atomic E-state index is 12.5. The van der Waals surface area contributed by atoms with Gasteiger partial charge in [-0.15, -0.1) is 0 Å². The van der Waals surface area contributed by atoms with Crippen molar-refractivity contribution in [2.24, 2.45) is 0 Å². The number of rotatable bonds is 5. The first-order valence-corrected chi connectivity index (χ1v) is 6.90. The highest BCUT2D eigenvalue weighted by molar-refractivity contribution is 5.87. The van der Waals surface area contributed by atoms with Crippen molar-refractivity contribution in [3.8, 4) is 0 Å². The molecule has 0 aromatic heterocycles.